The maximum absolute atomic E-state index is 11.8. The minimum absolute atomic E-state index is 0.0117. The highest BCUT2D eigenvalue weighted by atomic mass is 35.5. The Labute approximate surface area is 119 Å². The van der Waals surface area contributed by atoms with Crippen LogP contribution in [-0.2, 0) is 11.3 Å². The van der Waals surface area contributed by atoms with Crippen LogP contribution in [0.1, 0.15) is 6.92 Å². The highest BCUT2D eigenvalue weighted by Crippen LogP contribution is 2.31. The number of nitrogens with one attached hydrogen (secondary N) is 2. The molecule has 1 aliphatic heterocycles. The first-order chi connectivity index (χ1) is 9.39. The molecule has 1 aromatic heterocycles. The first-order valence-corrected chi connectivity index (χ1v) is 6.38. The number of hydrogen-bond donors (Lipinski definition) is 3. The quantitative estimate of drug-likeness (QED) is 0.735. The van der Waals surface area contributed by atoms with Gasteiger partial charge in [0, 0.05) is 22.0 Å². The van der Waals surface area contributed by atoms with Crippen molar-refractivity contribution in [2.75, 3.05) is 0 Å². The van der Waals surface area contributed by atoms with Crippen molar-refractivity contribution in [1.29, 1.82) is 0 Å². The fraction of sp³-hybridized carbons (Fsp3) is 0.231. The summed E-state index contributed by atoms with van der Waals surface area (Å²) in [5.74, 6) is -0.407. The van der Waals surface area contributed by atoms with Crippen LogP contribution in [-0.4, -0.2) is 27.2 Å². The minimum Gasteiger partial charge on any atom is -0.494 e. The number of hydrogen-bond acceptors (Lipinski definition) is 3. The third kappa shape index (κ3) is 1.89. The third-order valence-electron chi connectivity index (χ3n) is 3.43. The summed E-state index contributed by atoms with van der Waals surface area (Å²) in [6.07, 6.45) is 1.71. The summed E-state index contributed by atoms with van der Waals surface area (Å²) in [6, 6.07) is 4.62. The standard InChI is InChI=1S/C13H12ClN3O3/c1-13(11(19)15-12(20)16-13)6-17-5-7-2-3-8(14)4-9(7)10(17)18/h2-5,18H,6H2,1H3,(H2,15,16,19,20). The van der Waals surface area contributed by atoms with Gasteiger partial charge in [-0.15, -0.1) is 0 Å². The van der Waals surface area contributed by atoms with Gasteiger partial charge in [-0.2, -0.15) is 0 Å². The summed E-state index contributed by atoms with van der Waals surface area (Å²) in [6.45, 7) is 1.73. The molecule has 0 saturated carbocycles. The molecule has 0 aliphatic carbocycles. The van der Waals surface area contributed by atoms with Crippen LogP contribution in [0.5, 0.6) is 5.88 Å². The van der Waals surface area contributed by atoms with E-state index in [2.05, 4.69) is 10.6 Å². The molecule has 1 saturated heterocycles. The Morgan fingerprint density at radius 3 is 2.80 bits per heavy atom. The largest absolute Gasteiger partial charge is 0.494 e. The van der Waals surface area contributed by atoms with Crippen molar-refractivity contribution in [3.05, 3.63) is 29.4 Å². The number of halogens is 1. The molecule has 2 aromatic rings. The molecule has 104 valence electrons. The lowest BCUT2D eigenvalue weighted by atomic mass is 10.0. The van der Waals surface area contributed by atoms with Crippen LogP contribution >= 0.6 is 11.6 Å². The Morgan fingerprint density at radius 1 is 1.40 bits per heavy atom. The normalized spacial score (nSPS) is 22.1. The van der Waals surface area contributed by atoms with Crippen LogP contribution in [0.3, 0.4) is 0 Å². The summed E-state index contributed by atoms with van der Waals surface area (Å²) in [5, 5.41) is 16.9. The number of aromatic hydroxyl groups is 1. The van der Waals surface area contributed by atoms with Crippen LogP contribution in [0.2, 0.25) is 5.02 Å². The van der Waals surface area contributed by atoms with Crippen LogP contribution in [0.25, 0.3) is 10.8 Å². The molecule has 6 nitrogen and oxygen atoms in total. The minimum atomic E-state index is -1.09. The zero-order valence-corrected chi connectivity index (χ0v) is 11.4. The highest BCUT2D eigenvalue weighted by molar-refractivity contribution is 6.31. The lowest BCUT2D eigenvalue weighted by molar-refractivity contribution is -0.123. The third-order valence-corrected chi connectivity index (χ3v) is 3.66. The van der Waals surface area contributed by atoms with Crippen molar-refractivity contribution in [3.8, 4) is 5.88 Å². The van der Waals surface area contributed by atoms with Gasteiger partial charge in [-0.25, -0.2) is 4.79 Å². The van der Waals surface area contributed by atoms with Gasteiger partial charge in [0.1, 0.15) is 5.54 Å². The fourth-order valence-corrected chi connectivity index (χ4v) is 2.54. The van der Waals surface area contributed by atoms with Crippen LogP contribution in [0.15, 0.2) is 24.4 Å². The van der Waals surface area contributed by atoms with Gasteiger partial charge in [0.05, 0.1) is 6.54 Å². The molecule has 1 atom stereocenters. The maximum Gasteiger partial charge on any atom is 0.322 e. The smallest absolute Gasteiger partial charge is 0.322 e. The average Bonchev–Trinajstić information content (AvgIpc) is 2.79. The van der Waals surface area contributed by atoms with Crippen LogP contribution < -0.4 is 10.6 Å². The monoisotopic (exact) mass is 293 g/mol. The number of aromatic nitrogens is 1. The summed E-state index contributed by atoms with van der Waals surface area (Å²) >= 11 is 5.90. The SMILES string of the molecule is CC1(Cn2cc3ccc(Cl)cc3c2O)NC(=O)NC1=O. The van der Waals surface area contributed by atoms with Crippen molar-refractivity contribution in [1.82, 2.24) is 15.2 Å². The Bertz CT molecular complexity index is 740. The molecule has 1 aromatic carbocycles. The van der Waals surface area contributed by atoms with Gasteiger partial charge >= 0.3 is 6.03 Å². The predicted octanol–water partition coefficient (Wildman–Crippen LogP) is 1.60. The van der Waals surface area contributed by atoms with Gasteiger partial charge in [-0.1, -0.05) is 17.7 Å². The first kappa shape index (κ1) is 12.8. The molecule has 1 unspecified atom stereocenters. The molecule has 0 bridgehead atoms. The van der Waals surface area contributed by atoms with E-state index >= 15 is 0 Å². The molecule has 3 amide bonds. The van der Waals surface area contributed by atoms with Crippen molar-refractivity contribution in [3.63, 3.8) is 0 Å². The van der Waals surface area contributed by atoms with E-state index in [9.17, 15) is 14.7 Å². The summed E-state index contributed by atoms with van der Waals surface area (Å²) in [7, 11) is 0. The molecule has 0 spiro atoms. The molecule has 7 heteroatoms. The van der Waals surface area contributed by atoms with Crippen molar-refractivity contribution in [2.45, 2.75) is 19.0 Å². The van der Waals surface area contributed by atoms with Crippen LogP contribution in [0.4, 0.5) is 4.79 Å². The lowest BCUT2D eigenvalue weighted by Crippen LogP contribution is -2.47. The van der Waals surface area contributed by atoms with Crippen molar-refractivity contribution in [2.24, 2.45) is 0 Å². The van der Waals surface area contributed by atoms with E-state index in [4.69, 9.17) is 11.6 Å². The predicted molar refractivity (Wildman–Crippen MR) is 73.7 cm³/mol. The van der Waals surface area contributed by atoms with Gasteiger partial charge in [-0.05, 0) is 19.1 Å². The van der Waals surface area contributed by atoms with Crippen molar-refractivity contribution < 1.29 is 14.7 Å². The van der Waals surface area contributed by atoms with Gasteiger partial charge in [0.25, 0.3) is 5.91 Å². The molecule has 3 N–H and O–H groups in total. The van der Waals surface area contributed by atoms with E-state index in [1.165, 1.54) is 4.57 Å². The van der Waals surface area contributed by atoms with Gasteiger partial charge < -0.3 is 15.0 Å². The van der Waals surface area contributed by atoms with Gasteiger partial charge in [0.2, 0.25) is 0 Å². The number of rotatable bonds is 2. The second-order valence-electron chi connectivity index (χ2n) is 5.05. The number of nitrogens with zero attached hydrogens (tertiary/aromatic N) is 1. The first-order valence-electron chi connectivity index (χ1n) is 6.00. The molecular weight excluding hydrogens is 282 g/mol. The number of amides is 3. The number of carbonyl (C=O) groups excluding carboxylic acids is 2. The molecular formula is C13H12ClN3O3. The van der Waals surface area contributed by atoms with E-state index in [1.807, 2.05) is 0 Å². The summed E-state index contributed by atoms with van der Waals surface area (Å²) in [5.41, 5.74) is -1.09. The maximum atomic E-state index is 11.8. The Balaban J connectivity index is 2.01. The zero-order chi connectivity index (χ0) is 14.5. The second kappa shape index (κ2) is 4.14. The number of benzene rings is 1. The van der Waals surface area contributed by atoms with E-state index in [0.29, 0.717) is 10.4 Å². The van der Waals surface area contributed by atoms with E-state index in [-0.39, 0.29) is 12.4 Å². The van der Waals surface area contributed by atoms with Crippen molar-refractivity contribution >= 4 is 34.3 Å². The van der Waals surface area contributed by atoms with E-state index in [0.717, 1.165) is 5.39 Å². The molecule has 3 rings (SSSR count). The van der Waals surface area contributed by atoms with Gasteiger partial charge in [-0.3, -0.25) is 10.1 Å². The number of carbonyl (C=O) groups is 2. The Kier molecular flexibility index (Phi) is 2.65. The lowest BCUT2D eigenvalue weighted by Gasteiger charge is -2.21. The van der Waals surface area contributed by atoms with E-state index < -0.39 is 17.5 Å². The topological polar surface area (TPSA) is 83.4 Å². The highest BCUT2D eigenvalue weighted by Gasteiger charge is 2.42. The Morgan fingerprint density at radius 2 is 2.15 bits per heavy atom. The Hall–Kier alpha value is -2.21. The number of fused-ring (bicyclic) bond motifs is 1. The molecule has 1 aliphatic rings. The summed E-state index contributed by atoms with van der Waals surface area (Å²) in [4.78, 5) is 23.0. The average molecular weight is 294 g/mol. The second-order valence-corrected chi connectivity index (χ2v) is 5.49. The van der Waals surface area contributed by atoms with Gasteiger partial charge in [0.15, 0.2) is 5.88 Å². The fourth-order valence-electron chi connectivity index (χ4n) is 2.37. The molecule has 2 heterocycles. The van der Waals surface area contributed by atoms with E-state index in [1.54, 1.807) is 31.3 Å². The summed E-state index contributed by atoms with van der Waals surface area (Å²) < 4.78 is 1.52. The number of urea groups is 1. The molecule has 0 radical (unpaired) electrons. The zero-order valence-electron chi connectivity index (χ0n) is 10.6. The molecule has 1 fully saturated rings. The molecule has 20 heavy (non-hydrogen) atoms. The van der Waals surface area contributed by atoms with Crippen LogP contribution in [0, 0.1) is 0 Å². The number of imide groups is 1.